The van der Waals surface area contributed by atoms with Gasteiger partial charge in [0.25, 0.3) is 11.1 Å². The van der Waals surface area contributed by atoms with E-state index in [1.165, 1.54) is 19.2 Å². The third kappa shape index (κ3) is 5.86. The van der Waals surface area contributed by atoms with Crippen molar-refractivity contribution in [2.75, 3.05) is 40.0 Å². The van der Waals surface area contributed by atoms with E-state index in [4.69, 9.17) is 19.3 Å². The van der Waals surface area contributed by atoms with E-state index < -0.39 is 17.1 Å². The van der Waals surface area contributed by atoms with Crippen LogP contribution in [0, 0.1) is 0 Å². The second-order valence-electron chi connectivity index (χ2n) is 7.96. The lowest BCUT2D eigenvalue weighted by molar-refractivity contribution is -0.139. The molecule has 2 aromatic carbocycles. The Hall–Kier alpha value is -3.83. The summed E-state index contributed by atoms with van der Waals surface area (Å²) in [6, 6.07) is 11.4. The Morgan fingerprint density at radius 2 is 1.81 bits per heavy atom. The first kappa shape index (κ1) is 25.3. The van der Waals surface area contributed by atoms with Crippen molar-refractivity contribution in [3.8, 4) is 11.5 Å². The maximum Gasteiger partial charge on any atom is 0.335 e. The number of imide groups is 1. The number of ether oxygens (including phenoxy) is 3. The summed E-state index contributed by atoms with van der Waals surface area (Å²) in [5.41, 5.74) is 1.59. The number of morpholine rings is 1. The summed E-state index contributed by atoms with van der Waals surface area (Å²) in [6.45, 7) is 1.65. The van der Waals surface area contributed by atoms with E-state index in [-0.39, 0.29) is 29.5 Å². The van der Waals surface area contributed by atoms with Crippen LogP contribution in [0.4, 0.5) is 4.79 Å². The molecule has 2 fully saturated rings. The lowest BCUT2D eigenvalue weighted by atomic mass is 10.1. The molecule has 10 nitrogen and oxygen atoms in total. The Bertz CT molecular complexity index is 1210. The van der Waals surface area contributed by atoms with Crippen LogP contribution in [0.2, 0.25) is 0 Å². The molecular formula is C25H24N2O8S. The zero-order chi connectivity index (χ0) is 25.7. The highest BCUT2D eigenvalue weighted by Gasteiger charge is 2.37. The average molecular weight is 513 g/mol. The summed E-state index contributed by atoms with van der Waals surface area (Å²) in [7, 11) is 1.48. The summed E-state index contributed by atoms with van der Waals surface area (Å²) >= 11 is 0.783. The van der Waals surface area contributed by atoms with Crippen molar-refractivity contribution in [1.82, 2.24) is 9.80 Å². The first-order chi connectivity index (χ1) is 17.4. The third-order valence-corrected chi connectivity index (χ3v) is 6.52. The Labute approximate surface area is 211 Å². The fourth-order valence-corrected chi connectivity index (χ4v) is 4.47. The van der Waals surface area contributed by atoms with Gasteiger partial charge < -0.3 is 24.2 Å². The number of amides is 3. The number of carboxylic acids is 1. The molecule has 0 bridgehead atoms. The molecule has 0 atom stereocenters. The minimum atomic E-state index is -0.999. The molecule has 2 saturated heterocycles. The number of carboxylic acid groups (broad SMARTS) is 1. The number of nitrogens with zero attached hydrogens (tertiary/aromatic N) is 2. The molecular weight excluding hydrogens is 488 g/mol. The van der Waals surface area contributed by atoms with Gasteiger partial charge in [0, 0.05) is 13.1 Å². The number of rotatable bonds is 8. The summed E-state index contributed by atoms with van der Waals surface area (Å²) in [5, 5.41) is 8.51. The molecule has 0 aromatic heterocycles. The average Bonchev–Trinajstić information content (AvgIpc) is 3.15. The van der Waals surface area contributed by atoms with E-state index in [1.54, 1.807) is 41.3 Å². The first-order valence-corrected chi connectivity index (χ1v) is 11.9. The van der Waals surface area contributed by atoms with Gasteiger partial charge in [-0.25, -0.2) is 4.79 Å². The normalized spacial score (nSPS) is 17.0. The molecule has 2 aliphatic rings. The van der Waals surface area contributed by atoms with Gasteiger partial charge in [0.2, 0.25) is 5.91 Å². The lowest BCUT2D eigenvalue weighted by Crippen LogP contribution is -2.46. The second-order valence-corrected chi connectivity index (χ2v) is 8.96. The maximum absolute atomic E-state index is 12.8. The van der Waals surface area contributed by atoms with Crippen molar-refractivity contribution in [3.63, 3.8) is 0 Å². The fourth-order valence-electron chi connectivity index (χ4n) is 3.63. The van der Waals surface area contributed by atoms with Crippen molar-refractivity contribution in [2.45, 2.75) is 6.61 Å². The lowest BCUT2D eigenvalue weighted by Gasteiger charge is -2.28. The van der Waals surface area contributed by atoms with Crippen LogP contribution in [0.5, 0.6) is 11.5 Å². The monoisotopic (exact) mass is 512 g/mol. The van der Waals surface area contributed by atoms with Gasteiger partial charge in [-0.2, -0.15) is 0 Å². The molecule has 2 heterocycles. The SMILES string of the molecule is COc1cc(/C=C2/SC(=O)N(CC(=O)N3CCOCC3)C2=O)ccc1OCc1ccc(C(=O)O)cc1. The summed E-state index contributed by atoms with van der Waals surface area (Å²) < 4.78 is 16.5. The smallest absolute Gasteiger partial charge is 0.335 e. The maximum atomic E-state index is 12.8. The second kappa shape index (κ2) is 11.3. The highest BCUT2D eigenvalue weighted by Crippen LogP contribution is 2.34. The van der Waals surface area contributed by atoms with Crippen molar-refractivity contribution in [3.05, 3.63) is 64.1 Å². The topological polar surface area (TPSA) is 123 Å². The zero-order valence-corrected chi connectivity index (χ0v) is 20.3. The van der Waals surface area contributed by atoms with Gasteiger partial charge in [0.1, 0.15) is 13.2 Å². The molecule has 3 amide bonds. The van der Waals surface area contributed by atoms with Crippen LogP contribution in [-0.4, -0.2) is 77.9 Å². The van der Waals surface area contributed by atoms with E-state index in [1.807, 2.05) is 0 Å². The Kier molecular flexibility index (Phi) is 7.91. The van der Waals surface area contributed by atoms with Crippen molar-refractivity contribution in [1.29, 1.82) is 0 Å². The van der Waals surface area contributed by atoms with Crippen molar-refractivity contribution < 1.29 is 38.5 Å². The van der Waals surface area contributed by atoms with Crippen LogP contribution in [0.15, 0.2) is 47.4 Å². The van der Waals surface area contributed by atoms with E-state index in [2.05, 4.69) is 0 Å². The molecule has 0 unspecified atom stereocenters. The molecule has 0 saturated carbocycles. The van der Waals surface area contributed by atoms with Crippen LogP contribution < -0.4 is 9.47 Å². The Balaban J connectivity index is 1.42. The van der Waals surface area contributed by atoms with Crippen LogP contribution in [0.3, 0.4) is 0 Å². The predicted molar refractivity (Wildman–Crippen MR) is 131 cm³/mol. The quantitative estimate of drug-likeness (QED) is 0.532. The van der Waals surface area contributed by atoms with Gasteiger partial charge in [-0.05, 0) is 53.2 Å². The molecule has 2 aromatic rings. The molecule has 0 spiro atoms. The summed E-state index contributed by atoms with van der Waals surface area (Å²) in [5.74, 6) is -0.923. The summed E-state index contributed by atoms with van der Waals surface area (Å²) in [6.07, 6.45) is 1.57. The standard InChI is InChI=1S/C25H24N2O8S/c1-33-20-12-17(4-7-19(20)35-15-16-2-5-18(6-3-16)24(30)31)13-21-23(29)27(25(32)36-21)14-22(28)26-8-10-34-11-9-26/h2-7,12-13H,8-11,14-15H2,1H3,(H,30,31)/b21-13+. The van der Waals surface area contributed by atoms with Gasteiger partial charge in [-0.15, -0.1) is 0 Å². The molecule has 11 heteroatoms. The number of hydrogen-bond acceptors (Lipinski definition) is 8. The number of hydrogen-bond donors (Lipinski definition) is 1. The highest BCUT2D eigenvalue weighted by molar-refractivity contribution is 8.18. The third-order valence-electron chi connectivity index (χ3n) is 5.61. The minimum absolute atomic E-state index is 0.190. The van der Waals surface area contributed by atoms with Gasteiger partial charge in [0.15, 0.2) is 11.5 Å². The van der Waals surface area contributed by atoms with Crippen molar-refractivity contribution >= 4 is 40.9 Å². The molecule has 0 aliphatic carbocycles. The van der Waals surface area contributed by atoms with Gasteiger partial charge in [-0.3, -0.25) is 19.3 Å². The largest absolute Gasteiger partial charge is 0.493 e. The van der Waals surface area contributed by atoms with Gasteiger partial charge in [-0.1, -0.05) is 18.2 Å². The number of methoxy groups -OCH3 is 1. The Morgan fingerprint density at radius 1 is 1.08 bits per heavy atom. The number of aromatic carboxylic acids is 1. The van der Waals surface area contributed by atoms with Gasteiger partial charge in [0.05, 0.1) is 30.8 Å². The van der Waals surface area contributed by atoms with Crippen LogP contribution >= 0.6 is 11.8 Å². The Morgan fingerprint density at radius 3 is 2.47 bits per heavy atom. The number of benzene rings is 2. The predicted octanol–water partition coefficient (Wildman–Crippen LogP) is 2.87. The van der Waals surface area contributed by atoms with E-state index >= 15 is 0 Å². The fraction of sp³-hybridized carbons (Fsp3) is 0.280. The molecule has 4 rings (SSSR count). The highest BCUT2D eigenvalue weighted by atomic mass is 32.2. The number of thioether (sulfide) groups is 1. The molecule has 36 heavy (non-hydrogen) atoms. The molecule has 188 valence electrons. The zero-order valence-electron chi connectivity index (χ0n) is 19.5. The van der Waals surface area contributed by atoms with E-state index in [0.29, 0.717) is 43.4 Å². The van der Waals surface area contributed by atoms with E-state index in [0.717, 1.165) is 22.2 Å². The van der Waals surface area contributed by atoms with Crippen molar-refractivity contribution in [2.24, 2.45) is 0 Å². The van der Waals surface area contributed by atoms with Crippen LogP contribution in [0.1, 0.15) is 21.5 Å². The molecule has 0 radical (unpaired) electrons. The van der Waals surface area contributed by atoms with E-state index in [9.17, 15) is 19.2 Å². The van der Waals surface area contributed by atoms with Crippen LogP contribution in [-0.2, 0) is 20.9 Å². The minimum Gasteiger partial charge on any atom is -0.493 e. The van der Waals surface area contributed by atoms with Crippen LogP contribution in [0.25, 0.3) is 6.08 Å². The van der Waals surface area contributed by atoms with Gasteiger partial charge >= 0.3 is 5.97 Å². The summed E-state index contributed by atoms with van der Waals surface area (Å²) in [4.78, 5) is 51.4. The molecule has 1 N–H and O–H groups in total. The number of carbonyl (C=O) groups excluding carboxylic acids is 3. The first-order valence-electron chi connectivity index (χ1n) is 11.1. The number of carbonyl (C=O) groups is 4. The molecule has 2 aliphatic heterocycles.